The second-order valence-corrected chi connectivity index (χ2v) is 8.19. The first-order valence-electron chi connectivity index (χ1n) is 11.3. The van der Waals surface area contributed by atoms with Gasteiger partial charge in [0.25, 0.3) is 0 Å². The summed E-state index contributed by atoms with van der Waals surface area (Å²) in [6.45, 7) is 2.95. The van der Waals surface area contributed by atoms with Gasteiger partial charge < -0.3 is 9.80 Å². The number of carbonyl (C=O) groups is 1. The Bertz CT molecular complexity index is 1320. The third-order valence-electron chi connectivity index (χ3n) is 6.03. The predicted molar refractivity (Wildman–Crippen MR) is 131 cm³/mol. The Morgan fingerprint density at radius 2 is 1.65 bits per heavy atom. The van der Waals surface area contributed by atoms with Gasteiger partial charge in [0, 0.05) is 37.9 Å². The molecule has 0 bridgehead atoms. The summed E-state index contributed by atoms with van der Waals surface area (Å²) in [7, 11) is 0. The molecule has 7 nitrogen and oxygen atoms in total. The van der Waals surface area contributed by atoms with E-state index in [9.17, 15) is 10.1 Å². The Labute approximate surface area is 198 Å². The number of nitrogens with zero attached hydrogens (tertiary/aromatic N) is 6. The van der Waals surface area contributed by atoms with Crippen molar-refractivity contribution >= 4 is 11.7 Å². The maximum absolute atomic E-state index is 13.2. The highest BCUT2D eigenvalue weighted by Crippen LogP contribution is 2.27. The Hall–Kier alpha value is -4.44. The quantitative estimate of drug-likeness (QED) is 0.464. The van der Waals surface area contributed by atoms with E-state index < -0.39 is 0 Å². The highest BCUT2D eigenvalue weighted by molar-refractivity contribution is 5.78. The molecule has 0 aliphatic carbocycles. The minimum absolute atomic E-state index is 0.0401. The molecule has 2 aromatic carbocycles. The number of anilines is 1. The van der Waals surface area contributed by atoms with Gasteiger partial charge in [-0.15, -0.1) is 0 Å². The number of hydrogen-bond donors (Lipinski definition) is 0. The van der Waals surface area contributed by atoms with Crippen molar-refractivity contribution in [2.24, 2.45) is 0 Å². The van der Waals surface area contributed by atoms with E-state index in [1.165, 1.54) is 0 Å². The van der Waals surface area contributed by atoms with E-state index in [0.29, 0.717) is 18.7 Å². The van der Waals surface area contributed by atoms with E-state index in [1.807, 2.05) is 77.7 Å². The van der Waals surface area contributed by atoms with Crippen LogP contribution in [0.3, 0.4) is 0 Å². The summed E-state index contributed by atoms with van der Waals surface area (Å²) in [6.07, 6.45) is 1.79. The molecule has 0 N–H and O–H groups in total. The average Bonchev–Trinajstić information content (AvgIpc) is 3.33. The van der Waals surface area contributed by atoms with Crippen molar-refractivity contribution in [1.82, 2.24) is 19.7 Å². The van der Waals surface area contributed by atoms with Gasteiger partial charge in [0.2, 0.25) is 5.91 Å². The molecule has 1 fully saturated rings. The van der Waals surface area contributed by atoms with Gasteiger partial charge in [0.15, 0.2) is 0 Å². The van der Waals surface area contributed by atoms with Gasteiger partial charge in [-0.3, -0.25) is 9.48 Å². The lowest BCUT2D eigenvalue weighted by atomic mass is 10.1. The minimum atomic E-state index is 0.0401. The van der Waals surface area contributed by atoms with Gasteiger partial charge in [-0.2, -0.15) is 10.4 Å². The van der Waals surface area contributed by atoms with Crippen LogP contribution < -0.4 is 4.90 Å². The molecule has 1 aliphatic rings. The fourth-order valence-corrected chi connectivity index (χ4v) is 4.22. The molecule has 0 radical (unpaired) electrons. The molecule has 34 heavy (non-hydrogen) atoms. The van der Waals surface area contributed by atoms with Crippen LogP contribution in [0.4, 0.5) is 5.82 Å². The summed E-state index contributed by atoms with van der Waals surface area (Å²) in [5.74, 6) is 0.982. The number of rotatable bonds is 5. The standard InChI is InChI=1S/C27H24N6O/c28-19-21-7-6-10-23(17-21)24-18-25(22-8-2-1-3-9-22)33(30-24)20-27(34)32-15-13-31(14-16-32)26-11-4-5-12-29-26/h1-12,17-18H,13-16,20H2. The van der Waals surface area contributed by atoms with E-state index in [1.54, 1.807) is 16.9 Å². The Kier molecular flexibility index (Phi) is 6.04. The maximum atomic E-state index is 13.2. The van der Waals surface area contributed by atoms with Crippen molar-refractivity contribution < 1.29 is 4.79 Å². The van der Waals surface area contributed by atoms with Crippen molar-refractivity contribution in [1.29, 1.82) is 5.26 Å². The molecule has 0 spiro atoms. The van der Waals surface area contributed by atoms with E-state index >= 15 is 0 Å². The summed E-state index contributed by atoms with van der Waals surface area (Å²) >= 11 is 0. The summed E-state index contributed by atoms with van der Waals surface area (Å²) in [4.78, 5) is 21.7. The summed E-state index contributed by atoms with van der Waals surface area (Å²) < 4.78 is 1.77. The molecule has 1 amide bonds. The van der Waals surface area contributed by atoms with E-state index in [-0.39, 0.29) is 12.5 Å². The smallest absolute Gasteiger partial charge is 0.244 e. The normalized spacial score (nSPS) is 13.5. The number of carbonyl (C=O) groups excluding carboxylic acids is 1. The van der Waals surface area contributed by atoms with Crippen molar-refractivity contribution in [3.05, 3.63) is 90.6 Å². The monoisotopic (exact) mass is 448 g/mol. The molecule has 3 heterocycles. The van der Waals surface area contributed by atoms with Crippen LogP contribution in [0, 0.1) is 11.3 Å². The average molecular weight is 449 g/mol. The molecule has 1 saturated heterocycles. The van der Waals surface area contributed by atoms with E-state index in [2.05, 4.69) is 16.0 Å². The lowest BCUT2D eigenvalue weighted by molar-refractivity contribution is -0.132. The van der Waals surface area contributed by atoms with Gasteiger partial charge in [-0.05, 0) is 35.9 Å². The van der Waals surface area contributed by atoms with Crippen LogP contribution in [0.5, 0.6) is 0 Å². The summed E-state index contributed by atoms with van der Waals surface area (Å²) in [6, 6.07) is 27.4. The summed E-state index contributed by atoms with van der Waals surface area (Å²) in [5, 5.41) is 14.0. The molecule has 2 aromatic heterocycles. The predicted octanol–water partition coefficient (Wildman–Crippen LogP) is 3.83. The topological polar surface area (TPSA) is 78.0 Å². The van der Waals surface area contributed by atoms with Crippen LogP contribution in [-0.2, 0) is 11.3 Å². The Morgan fingerprint density at radius 3 is 2.38 bits per heavy atom. The first-order valence-corrected chi connectivity index (χ1v) is 11.3. The third kappa shape index (κ3) is 4.52. The van der Waals surface area contributed by atoms with Crippen LogP contribution in [0.2, 0.25) is 0 Å². The van der Waals surface area contributed by atoms with Crippen molar-refractivity contribution in [3.8, 4) is 28.6 Å². The van der Waals surface area contributed by atoms with Crippen molar-refractivity contribution in [2.75, 3.05) is 31.1 Å². The maximum Gasteiger partial charge on any atom is 0.244 e. The van der Waals surface area contributed by atoms with Gasteiger partial charge in [0.05, 0.1) is 23.0 Å². The largest absolute Gasteiger partial charge is 0.353 e. The van der Waals surface area contributed by atoms with Crippen LogP contribution in [-0.4, -0.2) is 51.8 Å². The molecule has 4 aromatic rings. The second-order valence-electron chi connectivity index (χ2n) is 8.19. The van der Waals surface area contributed by atoms with Crippen LogP contribution in [0.15, 0.2) is 85.1 Å². The SMILES string of the molecule is N#Cc1cccc(-c2cc(-c3ccccc3)n(CC(=O)N3CCN(c4ccccn4)CC3)n2)c1. The van der Waals surface area contributed by atoms with Gasteiger partial charge >= 0.3 is 0 Å². The number of hydrogen-bond acceptors (Lipinski definition) is 5. The Balaban J connectivity index is 1.37. The molecule has 0 unspecified atom stereocenters. The number of amides is 1. The van der Waals surface area contributed by atoms with E-state index in [4.69, 9.17) is 5.10 Å². The first kappa shape index (κ1) is 21.4. The molecule has 0 saturated carbocycles. The molecular formula is C27H24N6O. The van der Waals surface area contributed by atoms with Gasteiger partial charge in [-0.1, -0.05) is 48.5 Å². The molecule has 1 aliphatic heterocycles. The van der Waals surface area contributed by atoms with Crippen LogP contribution in [0.25, 0.3) is 22.5 Å². The third-order valence-corrected chi connectivity index (χ3v) is 6.03. The fourth-order valence-electron chi connectivity index (χ4n) is 4.22. The lowest BCUT2D eigenvalue weighted by Crippen LogP contribution is -2.49. The molecule has 5 rings (SSSR count). The lowest BCUT2D eigenvalue weighted by Gasteiger charge is -2.35. The second kappa shape index (κ2) is 9.59. The molecule has 7 heteroatoms. The zero-order valence-electron chi connectivity index (χ0n) is 18.7. The highest BCUT2D eigenvalue weighted by Gasteiger charge is 2.23. The minimum Gasteiger partial charge on any atom is -0.353 e. The van der Waals surface area contributed by atoms with Crippen LogP contribution >= 0.6 is 0 Å². The highest BCUT2D eigenvalue weighted by atomic mass is 16.2. The van der Waals surface area contributed by atoms with Crippen LogP contribution in [0.1, 0.15) is 5.56 Å². The Morgan fingerprint density at radius 1 is 0.882 bits per heavy atom. The molecular weight excluding hydrogens is 424 g/mol. The van der Waals surface area contributed by atoms with Gasteiger partial charge in [-0.25, -0.2) is 4.98 Å². The summed E-state index contributed by atoms with van der Waals surface area (Å²) in [5.41, 5.74) is 4.04. The molecule has 0 atom stereocenters. The number of piperazine rings is 1. The zero-order valence-corrected chi connectivity index (χ0v) is 18.7. The van der Waals surface area contributed by atoms with Gasteiger partial charge in [0.1, 0.15) is 12.4 Å². The van der Waals surface area contributed by atoms with Crippen molar-refractivity contribution in [2.45, 2.75) is 6.54 Å². The number of pyridine rings is 1. The molecule has 168 valence electrons. The fraction of sp³-hybridized carbons (Fsp3) is 0.185. The number of benzene rings is 2. The zero-order chi connectivity index (χ0) is 23.3. The van der Waals surface area contributed by atoms with Crippen molar-refractivity contribution in [3.63, 3.8) is 0 Å². The number of nitriles is 1. The first-order chi connectivity index (χ1) is 16.7. The van der Waals surface area contributed by atoms with E-state index in [0.717, 1.165) is 41.4 Å². The number of aromatic nitrogens is 3.